The van der Waals surface area contributed by atoms with Crippen LogP contribution >= 0.6 is 0 Å². The maximum atomic E-state index is 11.7. The van der Waals surface area contributed by atoms with Crippen LogP contribution in [0.2, 0.25) is 0 Å². The zero-order valence-corrected chi connectivity index (χ0v) is 11.4. The van der Waals surface area contributed by atoms with Crippen LogP contribution < -0.4 is 15.8 Å². The minimum Gasteiger partial charge on any atom is -0.484 e. The molecule has 0 aliphatic heterocycles. The zero-order valence-electron chi connectivity index (χ0n) is 11.4. The molecule has 1 unspecified atom stereocenters. The average Bonchev–Trinajstić information content (AvgIpc) is 3.29. The Kier molecular flexibility index (Phi) is 4.45. The van der Waals surface area contributed by atoms with E-state index in [9.17, 15) is 4.79 Å². The van der Waals surface area contributed by atoms with Gasteiger partial charge in [-0.05, 0) is 49.9 Å². The third kappa shape index (κ3) is 3.88. The summed E-state index contributed by atoms with van der Waals surface area (Å²) in [6.45, 7) is 2.00. The van der Waals surface area contributed by atoms with Gasteiger partial charge in [-0.1, -0.05) is 5.16 Å². The van der Waals surface area contributed by atoms with Crippen LogP contribution in [0, 0.1) is 5.92 Å². The molecule has 1 fully saturated rings. The van der Waals surface area contributed by atoms with E-state index in [1.807, 2.05) is 6.92 Å². The van der Waals surface area contributed by atoms with E-state index in [1.54, 1.807) is 24.3 Å². The second-order valence-electron chi connectivity index (χ2n) is 4.99. The fraction of sp³-hybridized carbons (Fsp3) is 0.429. The number of benzene rings is 1. The second kappa shape index (κ2) is 6.27. The Balaban J connectivity index is 1.79. The van der Waals surface area contributed by atoms with Crippen molar-refractivity contribution in [3.63, 3.8) is 0 Å². The number of hydrogen-bond acceptors (Lipinski definition) is 4. The van der Waals surface area contributed by atoms with Gasteiger partial charge in [-0.3, -0.25) is 4.79 Å². The number of rotatable bonds is 6. The van der Waals surface area contributed by atoms with Gasteiger partial charge in [-0.15, -0.1) is 0 Å². The molecule has 0 spiro atoms. The van der Waals surface area contributed by atoms with E-state index in [0.717, 1.165) is 0 Å². The van der Waals surface area contributed by atoms with Crippen LogP contribution in [-0.4, -0.2) is 29.6 Å². The van der Waals surface area contributed by atoms with Crippen molar-refractivity contribution in [2.45, 2.75) is 25.8 Å². The molecule has 20 heavy (non-hydrogen) atoms. The van der Waals surface area contributed by atoms with Gasteiger partial charge in [-0.25, -0.2) is 0 Å². The maximum absolute atomic E-state index is 11.7. The van der Waals surface area contributed by atoms with E-state index in [1.165, 1.54) is 12.8 Å². The van der Waals surface area contributed by atoms with Crippen LogP contribution in [0.4, 0.5) is 0 Å². The summed E-state index contributed by atoms with van der Waals surface area (Å²) < 4.78 is 5.38. The topological polar surface area (TPSA) is 96.9 Å². The lowest BCUT2D eigenvalue weighted by Gasteiger charge is -2.13. The third-order valence-electron chi connectivity index (χ3n) is 3.35. The van der Waals surface area contributed by atoms with E-state index >= 15 is 0 Å². The van der Waals surface area contributed by atoms with Crippen molar-refractivity contribution in [3.05, 3.63) is 29.8 Å². The highest BCUT2D eigenvalue weighted by Crippen LogP contribution is 2.32. The van der Waals surface area contributed by atoms with Crippen molar-refractivity contribution in [1.82, 2.24) is 5.32 Å². The van der Waals surface area contributed by atoms with E-state index in [0.29, 0.717) is 17.2 Å². The summed E-state index contributed by atoms with van der Waals surface area (Å²) in [5.74, 6) is 1.10. The number of amides is 1. The molecule has 4 N–H and O–H groups in total. The molecule has 1 atom stereocenters. The molecule has 108 valence electrons. The molecule has 1 aliphatic carbocycles. The molecule has 0 aromatic heterocycles. The number of ether oxygens (including phenoxy) is 1. The first-order valence-electron chi connectivity index (χ1n) is 6.60. The van der Waals surface area contributed by atoms with Gasteiger partial charge in [0, 0.05) is 11.6 Å². The Bertz CT molecular complexity index is 495. The lowest BCUT2D eigenvalue weighted by molar-refractivity contribution is -0.123. The van der Waals surface area contributed by atoms with E-state index in [-0.39, 0.29) is 24.4 Å². The van der Waals surface area contributed by atoms with E-state index < -0.39 is 0 Å². The molecule has 1 aromatic carbocycles. The molecule has 2 rings (SSSR count). The van der Waals surface area contributed by atoms with Gasteiger partial charge < -0.3 is 21.0 Å². The SMILES string of the molecule is CC(NC(=O)COc1ccc(/C(N)=N/O)cc1)C1CC1. The number of nitrogens with two attached hydrogens (primary N) is 1. The Morgan fingerprint density at radius 3 is 2.70 bits per heavy atom. The van der Waals surface area contributed by atoms with Gasteiger partial charge in [0.15, 0.2) is 12.4 Å². The first-order valence-corrected chi connectivity index (χ1v) is 6.60. The van der Waals surface area contributed by atoms with Crippen LogP contribution in [0.3, 0.4) is 0 Å². The van der Waals surface area contributed by atoms with Crippen LogP contribution in [0.25, 0.3) is 0 Å². The van der Waals surface area contributed by atoms with E-state index in [4.69, 9.17) is 15.7 Å². The van der Waals surface area contributed by atoms with Gasteiger partial charge in [0.2, 0.25) is 0 Å². The number of amidine groups is 1. The minimum absolute atomic E-state index is 0.0139. The summed E-state index contributed by atoms with van der Waals surface area (Å²) in [5.41, 5.74) is 6.04. The lowest BCUT2D eigenvalue weighted by atomic mass is 10.2. The summed E-state index contributed by atoms with van der Waals surface area (Å²) >= 11 is 0. The number of hydrogen-bond donors (Lipinski definition) is 3. The van der Waals surface area contributed by atoms with Crippen molar-refractivity contribution in [3.8, 4) is 5.75 Å². The molecule has 1 saturated carbocycles. The van der Waals surface area contributed by atoms with Crippen molar-refractivity contribution in [2.75, 3.05) is 6.61 Å². The van der Waals surface area contributed by atoms with Gasteiger partial charge in [0.25, 0.3) is 5.91 Å². The first kappa shape index (κ1) is 14.2. The molecule has 0 bridgehead atoms. The third-order valence-corrected chi connectivity index (χ3v) is 3.35. The fourth-order valence-electron chi connectivity index (χ4n) is 1.94. The van der Waals surface area contributed by atoms with Crippen molar-refractivity contribution >= 4 is 11.7 Å². The number of carbonyl (C=O) groups excluding carboxylic acids is 1. The molecule has 1 aromatic rings. The maximum Gasteiger partial charge on any atom is 0.258 e. The zero-order chi connectivity index (χ0) is 14.5. The minimum atomic E-state index is -0.120. The molecule has 0 heterocycles. The second-order valence-corrected chi connectivity index (χ2v) is 4.99. The number of nitrogens with zero attached hydrogens (tertiary/aromatic N) is 1. The monoisotopic (exact) mass is 277 g/mol. The summed E-state index contributed by atoms with van der Waals surface area (Å²) in [4.78, 5) is 11.7. The van der Waals surface area contributed by atoms with Crippen LogP contribution in [0.15, 0.2) is 29.4 Å². The summed E-state index contributed by atoms with van der Waals surface area (Å²) in [6, 6.07) is 6.88. The van der Waals surface area contributed by atoms with Crippen molar-refractivity contribution in [2.24, 2.45) is 16.8 Å². The Labute approximate surface area is 117 Å². The molecular weight excluding hydrogens is 258 g/mol. The van der Waals surface area contributed by atoms with Gasteiger partial charge in [0.05, 0.1) is 0 Å². The quantitative estimate of drug-likeness (QED) is 0.313. The predicted octanol–water partition coefficient (Wildman–Crippen LogP) is 1.07. The molecule has 1 aliphatic rings. The van der Waals surface area contributed by atoms with Gasteiger partial charge >= 0.3 is 0 Å². The Hall–Kier alpha value is -2.24. The highest BCUT2D eigenvalue weighted by atomic mass is 16.5. The molecule has 6 nitrogen and oxygen atoms in total. The van der Waals surface area contributed by atoms with Crippen molar-refractivity contribution in [1.29, 1.82) is 0 Å². The number of carbonyl (C=O) groups is 1. The van der Waals surface area contributed by atoms with Crippen molar-refractivity contribution < 1.29 is 14.7 Å². The van der Waals surface area contributed by atoms with Gasteiger partial charge in [-0.2, -0.15) is 0 Å². The summed E-state index contributed by atoms with van der Waals surface area (Å²) in [6.07, 6.45) is 2.38. The summed E-state index contributed by atoms with van der Waals surface area (Å²) in [5, 5.41) is 14.4. The first-order chi connectivity index (χ1) is 9.60. The molecular formula is C14H19N3O3. The van der Waals surface area contributed by atoms with Crippen LogP contribution in [0.5, 0.6) is 5.75 Å². The normalized spacial score (nSPS) is 16.6. The number of nitrogens with one attached hydrogen (secondary N) is 1. The highest BCUT2D eigenvalue weighted by Gasteiger charge is 2.28. The predicted molar refractivity (Wildman–Crippen MR) is 74.8 cm³/mol. The Morgan fingerprint density at radius 2 is 2.15 bits per heavy atom. The van der Waals surface area contributed by atoms with E-state index in [2.05, 4.69) is 10.5 Å². The Morgan fingerprint density at radius 1 is 1.50 bits per heavy atom. The smallest absolute Gasteiger partial charge is 0.258 e. The highest BCUT2D eigenvalue weighted by molar-refractivity contribution is 5.97. The summed E-state index contributed by atoms with van der Waals surface area (Å²) in [7, 11) is 0. The molecule has 1 amide bonds. The largest absolute Gasteiger partial charge is 0.484 e. The molecule has 0 radical (unpaired) electrons. The lowest BCUT2D eigenvalue weighted by Crippen LogP contribution is -2.37. The van der Waals surface area contributed by atoms with Gasteiger partial charge in [0.1, 0.15) is 5.75 Å². The number of oxime groups is 1. The van der Waals surface area contributed by atoms with Crippen LogP contribution in [0.1, 0.15) is 25.3 Å². The van der Waals surface area contributed by atoms with Crippen LogP contribution in [-0.2, 0) is 4.79 Å². The standard InChI is InChI=1S/C14H19N3O3/c1-9(10-2-3-10)16-13(18)8-20-12-6-4-11(5-7-12)14(15)17-19/h4-7,9-10,19H,2-3,8H2,1H3,(H2,15,17)(H,16,18). The fourth-order valence-corrected chi connectivity index (χ4v) is 1.94. The molecule has 0 saturated heterocycles. The molecule has 6 heteroatoms. The average molecular weight is 277 g/mol.